The molecule has 1 aliphatic rings. The van der Waals surface area contributed by atoms with E-state index in [-0.39, 0.29) is 0 Å². The summed E-state index contributed by atoms with van der Waals surface area (Å²) in [6.07, 6.45) is 0. The molecule has 1 aliphatic heterocycles. The van der Waals surface area contributed by atoms with E-state index in [9.17, 15) is 0 Å². The maximum atomic E-state index is 4.72. The van der Waals surface area contributed by atoms with Gasteiger partial charge < -0.3 is 5.32 Å². The molecule has 1 unspecified atom stereocenters. The topological polar surface area (TPSA) is 24.4 Å². The largest absolute Gasteiger partial charge is 0.361 e. The Hall–Kier alpha value is -0.180. The highest BCUT2D eigenvalue weighted by Gasteiger charge is 2.25. The molecule has 0 amide bonds. The molecule has 0 aromatic carbocycles. The summed E-state index contributed by atoms with van der Waals surface area (Å²) in [5.74, 6) is 2.53. The summed E-state index contributed by atoms with van der Waals surface area (Å²) in [5.41, 5.74) is 0.297. The number of amidine groups is 1. The van der Waals surface area contributed by atoms with Crippen molar-refractivity contribution < 1.29 is 0 Å². The Morgan fingerprint density at radius 3 is 2.44 bits per heavy atom. The molecule has 0 saturated carbocycles. The first-order chi connectivity index (χ1) is 7.33. The maximum Gasteiger partial charge on any atom is 0.156 e. The predicted octanol–water partition coefficient (Wildman–Crippen LogP) is 3.39. The summed E-state index contributed by atoms with van der Waals surface area (Å²) >= 11 is 1.87. The van der Waals surface area contributed by atoms with Crippen molar-refractivity contribution in [3.63, 3.8) is 0 Å². The van der Waals surface area contributed by atoms with E-state index in [2.05, 4.69) is 46.9 Å². The van der Waals surface area contributed by atoms with Gasteiger partial charge >= 0.3 is 0 Å². The molecular weight excluding hydrogens is 216 g/mol. The number of aliphatic imine (C=N–C) groups is 1. The molecule has 16 heavy (non-hydrogen) atoms. The molecule has 1 saturated heterocycles. The third-order valence-corrected chi connectivity index (χ3v) is 4.75. The van der Waals surface area contributed by atoms with Gasteiger partial charge in [-0.25, -0.2) is 0 Å². The van der Waals surface area contributed by atoms with Gasteiger partial charge in [-0.05, 0) is 17.3 Å². The lowest BCUT2D eigenvalue weighted by Crippen LogP contribution is -2.32. The Morgan fingerprint density at radius 1 is 1.38 bits per heavy atom. The van der Waals surface area contributed by atoms with Crippen LogP contribution in [0.4, 0.5) is 0 Å². The molecule has 3 heteroatoms. The van der Waals surface area contributed by atoms with Crippen LogP contribution >= 0.6 is 11.8 Å². The third-order valence-electron chi connectivity index (χ3n) is 3.71. The fourth-order valence-electron chi connectivity index (χ4n) is 1.32. The Balaban J connectivity index is 2.48. The predicted molar refractivity (Wildman–Crippen MR) is 75.1 cm³/mol. The van der Waals surface area contributed by atoms with Crippen molar-refractivity contribution in [1.82, 2.24) is 5.32 Å². The second-order valence-electron chi connectivity index (χ2n) is 6.07. The summed E-state index contributed by atoms with van der Waals surface area (Å²) < 4.78 is 0. The summed E-state index contributed by atoms with van der Waals surface area (Å²) in [5, 5.41) is 4.66. The normalized spacial score (nSPS) is 24.5. The quantitative estimate of drug-likeness (QED) is 0.817. The lowest BCUT2D eigenvalue weighted by atomic mass is 9.81. The number of hydrogen-bond acceptors (Lipinski definition) is 2. The molecule has 0 aliphatic carbocycles. The Kier molecular flexibility index (Phi) is 4.72. The molecule has 0 aromatic heterocycles. The molecule has 0 spiro atoms. The lowest BCUT2D eigenvalue weighted by molar-refractivity contribution is 0.262. The first-order valence-corrected chi connectivity index (χ1v) is 7.25. The summed E-state index contributed by atoms with van der Waals surface area (Å²) in [6, 6.07) is 0.603. The van der Waals surface area contributed by atoms with Crippen LogP contribution in [0.1, 0.15) is 41.5 Å². The van der Waals surface area contributed by atoms with Crippen molar-refractivity contribution >= 4 is 16.9 Å². The second-order valence-corrected chi connectivity index (χ2v) is 7.08. The van der Waals surface area contributed by atoms with Crippen molar-refractivity contribution in [1.29, 1.82) is 0 Å². The van der Waals surface area contributed by atoms with Gasteiger partial charge in [0.15, 0.2) is 5.17 Å². The minimum atomic E-state index is 0.297. The minimum Gasteiger partial charge on any atom is -0.361 e. The van der Waals surface area contributed by atoms with Gasteiger partial charge in [-0.2, -0.15) is 0 Å². The van der Waals surface area contributed by atoms with Crippen LogP contribution < -0.4 is 5.32 Å². The highest BCUT2D eigenvalue weighted by Crippen LogP contribution is 2.27. The van der Waals surface area contributed by atoms with Crippen LogP contribution in [0, 0.1) is 17.3 Å². The average Bonchev–Trinajstić information content (AvgIpc) is 2.63. The van der Waals surface area contributed by atoms with Gasteiger partial charge in [-0.3, -0.25) is 4.99 Å². The minimum absolute atomic E-state index is 0.297. The standard InChI is InChI=1S/C13H26N2S/c1-9(2)11-7-16-12(15-11)14-8-13(5,6)10(3)4/h9-11H,7-8H2,1-6H3,(H,14,15). The first-order valence-electron chi connectivity index (χ1n) is 6.26. The number of rotatable bonds is 4. The van der Waals surface area contributed by atoms with Gasteiger partial charge in [0.2, 0.25) is 0 Å². The molecule has 1 atom stereocenters. The van der Waals surface area contributed by atoms with Crippen molar-refractivity contribution in [3.05, 3.63) is 0 Å². The van der Waals surface area contributed by atoms with Gasteiger partial charge in [0.05, 0.1) is 0 Å². The van der Waals surface area contributed by atoms with Gasteiger partial charge in [-0.1, -0.05) is 53.3 Å². The highest BCUT2D eigenvalue weighted by atomic mass is 32.2. The first kappa shape index (κ1) is 13.9. The zero-order valence-corrected chi connectivity index (χ0v) is 12.3. The maximum absolute atomic E-state index is 4.72. The van der Waals surface area contributed by atoms with Crippen LogP contribution in [-0.2, 0) is 0 Å². The summed E-state index contributed by atoms with van der Waals surface area (Å²) in [7, 11) is 0. The van der Waals surface area contributed by atoms with Crippen LogP contribution in [0.5, 0.6) is 0 Å². The van der Waals surface area contributed by atoms with Crippen molar-refractivity contribution in [2.75, 3.05) is 12.3 Å². The second kappa shape index (κ2) is 5.44. The molecular formula is C13H26N2S. The Morgan fingerprint density at radius 2 is 2.00 bits per heavy atom. The van der Waals surface area contributed by atoms with Crippen LogP contribution in [0.25, 0.3) is 0 Å². The fourth-order valence-corrected chi connectivity index (χ4v) is 2.52. The van der Waals surface area contributed by atoms with Crippen LogP contribution in [0.15, 0.2) is 4.99 Å². The molecule has 0 aromatic rings. The van der Waals surface area contributed by atoms with E-state index >= 15 is 0 Å². The molecule has 94 valence electrons. The average molecular weight is 242 g/mol. The van der Waals surface area contributed by atoms with E-state index < -0.39 is 0 Å². The zero-order valence-electron chi connectivity index (χ0n) is 11.5. The molecule has 1 fully saturated rings. The van der Waals surface area contributed by atoms with E-state index in [4.69, 9.17) is 4.99 Å². The third kappa shape index (κ3) is 3.69. The summed E-state index contributed by atoms with van der Waals surface area (Å²) in [6.45, 7) is 14.6. The van der Waals surface area contributed by atoms with E-state index in [1.54, 1.807) is 0 Å². The van der Waals surface area contributed by atoms with E-state index in [0.717, 1.165) is 11.7 Å². The smallest absolute Gasteiger partial charge is 0.156 e. The van der Waals surface area contributed by atoms with Crippen molar-refractivity contribution in [2.45, 2.75) is 47.6 Å². The van der Waals surface area contributed by atoms with E-state index in [0.29, 0.717) is 23.3 Å². The van der Waals surface area contributed by atoms with E-state index in [1.165, 1.54) is 5.75 Å². The van der Waals surface area contributed by atoms with Gasteiger partial charge in [0.1, 0.15) is 0 Å². The van der Waals surface area contributed by atoms with Crippen LogP contribution in [0.2, 0.25) is 0 Å². The van der Waals surface area contributed by atoms with Gasteiger partial charge in [0, 0.05) is 18.3 Å². The SMILES string of the molecule is CC(C)C1CSC(=NCC(C)(C)C(C)C)N1. The molecule has 2 nitrogen and oxygen atoms in total. The van der Waals surface area contributed by atoms with Gasteiger partial charge in [-0.15, -0.1) is 0 Å². The highest BCUT2D eigenvalue weighted by molar-refractivity contribution is 8.14. The number of nitrogens with zero attached hydrogens (tertiary/aromatic N) is 1. The van der Waals surface area contributed by atoms with Gasteiger partial charge in [0.25, 0.3) is 0 Å². The lowest BCUT2D eigenvalue weighted by Gasteiger charge is -2.27. The summed E-state index contributed by atoms with van der Waals surface area (Å²) in [4.78, 5) is 4.72. The number of thioether (sulfide) groups is 1. The van der Waals surface area contributed by atoms with Crippen molar-refractivity contribution in [2.24, 2.45) is 22.2 Å². The molecule has 1 rings (SSSR count). The molecule has 1 N–H and O–H groups in total. The Labute approximate surface area is 105 Å². The molecule has 0 bridgehead atoms. The zero-order chi connectivity index (χ0) is 12.3. The molecule has 1 heterocycles. The van der Waals surface area contributed by atoms with Crippen molar-refractivity contribution in [3.8, 4) is 0 Å². The monoisotopic (exact) mass is 242 g/mol. The van der Waals surface area contributed by atoms with Crippen LogP contribution in [0.3, 0.4) is 0 Å². The van der Waals surface area contributed by atoms with Crippen LogP contribution in [-0.4, -0.2) is 23.5 Å². The fraction of sp³-hybridized carbons (Fsp3) is 0.923. The van der Waals surface area contributed by atoms with E-state index in [1.807, 2.05) is 11.8 Å². The number of nitrogens with one attached hydrogen (secondary N) is 1. The Bertz CT molecular complexity index is 257. The molecule has 0 radical (unpaired) electrons. The number of hydrogen-bond donors (Lipinski definition) is 1.